The molecule has 22 heavy (non-hydrogen) atoms. The molecule has 0 aliphatic rings. The molecule has 0 unspecified atom stereocenters. The average molecular weight is 296 g/mol. The van der Waals surface area contributed by atoms with Gasteiger partial charge >= 0.3 is 5.63 Å². The highest BCUT2D eigenvalue weighted by Gasteiger charge is 2.04. The highest BCUT2D eigenvalue weighted by molar-refractivity contribution is 5.90. The number of benzene rings is 2. The first-order valence-electron chi connectivity index (χ1n) is 6.49. The monoisotopic (exact) mass is 296 g/mol. The fraction of sp³-hybridized carbons (Fsp3) is 0. The van der Waals surface area contributed by atoms with Crippen LogP contribution in [0.1, 0.15) is 11.1 Å². The van der Waals surface area contributed by atoms with Crippen LogP contribution >= 0.6 is 0 Å². The van der Waals surface area contributed by atoms with Gasteiger partial charge in [-0.2, -0.15) is 0 Å². The van der Waals surface area contributed by atoms with Gasteiger partial charge in [-0.25, -0.2) is 4.79 Å². The minimum absolute atomic E-state index is 0.00897. The third-order valence-electron chi connectivity index (χ3n) is 3.14. The molecule has 0 radical (unpaired) electrons. The molecule has 0 fully saturated rings. The van der Waals surface area contributed by atoms with Crippen molar-refractivity contribution in [1.29, 1.82) is 0 Å². The van der Waals surface area contributed by atoms with E-state index in [1.165, 1.54) is 36.4 Å². The van der Waals surface area contributed by atoms with Gasteiger partial charge in [0.25, 0.3) is 0 Å². The molecule has 1 heterocycles. The van der Waals surface area contributed by atoms with E-state index in [-0.39, 0.29) is 22.8 Å². The van der Waals surface area contributed by atoms with Crippen LogP contribution in [0.25, 0.3) is 23.1 Å². The number of fused-ring (bicyclic) bond motifs is 1. The van der Waals surface area contributed by atoms with Crippen molar-refractivity contribution in [1.82, 2.24) is 0 Å². The van der Waals surface area contributed by atoms with Gasteiger partial charge in [0.2, 0.25) is 0 Å². The molecule has 0 aliphatic heterocycles. The van der Waals surface area contributed by atoms with E-state index in [1.807, 2.05) is 0 Å². The predicted octanol–water partition coefficient (Wildman–Crippen LogP) is 3.08. The summed E-state index contributed by atoms with van der Waals surface area (Å²) in [4.78, 5) is 11.6. The van der Waals surface area contributed by atoms with Crippen LogP contribution in [0.2, 0.25) is 0 Å². The molecule has 5 nitrogen and oxygen atoms in total. The third kappa shape index (κ3) is 2.78. The van der Waals surface area contributed by atoms with Crippen LogP contribution in [0, 0.1) is 0 Å². The van der Waals surface area contributed by atoms with E-state index in [4.69, 9.17) is 4.42 Å². The molecule has 110 valence electrons. The van der Waals surface area contributed by atoms with Crippen molar-refractivity contribution in [3.8, 4) is 17.2 Å². The van der Waals surface area contributed by atoms with Crippen LogP contribution in [0.4, 0.5) is 0 Å². The zero-order valence-corrected chi connectivity index (χ0v) is 11.4. The summed E-state index contributed by atoms with van der Waals surface area (Å²) in [6, 6.07) is 10.0. The molecule has 3 aromatic rings. The van der Waals surface area contributed by atoms with Crippen LogP contribution in [0.3, 0.4) is 0 Å². The maximum atomic E-state index is 11.6. The highest BCUT2D eigenvalue weighted by atomic mass is 16.4. The average Bonchev–Trinajstić information content (AvgIpc) is 2.43. The van der Waals surface area contributed by atoms with Crippen LogP contribution in [0.15, 0.2) is 51.7 Å². The summed E-state index contributed by atoms with van der Waals surface area (Å²) in [7, 11) is 0. The summed E-state index contributed by atoms with van der Waals surface area (Å²) >= 11 is 0. The fourth-order valence-corrected chi connectivity index (χ4v) is 2.21. The standard InChI is InChI=1S/C17H12O5/c18-12-3-4-15-11(7-17(21)22-16(15)9-12)2-1-10-5-13(19)8-14(20)6-10/h1-9,18-20H/b2-1+. The van der Waals surface area contributed by atoms with Gasteiger partial charge in [-0.3, -0.25) is 0 Å². The molecule has 0 bridgehead atoms. The topological polar surface area (TPSA) is 90.9 Å². The van der Waals surface area contributed by atoms with Crippen LogP contribution in [-0.2, 0) is 0 Å². The second-order valence-electron chi connectivity index (χ2n) is 4.82. The Morgan fingerprint density at radius 3 is 2.27 bits per heavy atom. The smallest absolute Gasteiger partial charge is 0.336 e. The third-order valence-corrected chi connectivity index (χ3v) is 3.14. The molecule has 5 heteroatoms. The van der Waals surface area contributed by atoms with Gasteiger partial charge < -0.3 is 19.7 Å². The Kier molecular flexibility index (Phi) is 3.31. The van der Waals surface area contributed by atoms with Crippen LogP contribution < -0.4 is 5.63 Å². The van der Waals surface area contributed by atoms with Gasteiger partial charge in [-0.05, 0) is 35.4 Å². The zero-order chi connectivity index (χ0) is 15.7. The van der Waals surface area contributed by atoms with Crippen molar-refractivity contribution in [3.63, 3.8) is 0 Å². The number of aromatic hydroxyl groups is 3. The molecule has 0 aliphatic carbocycles. The SMILES string of the molecule is O=c1cc(/C=C/c2cc(O)cc(O)c2)c2ccc(O)cc2o1. The largest absolute Gasteiger partial charge is 0.508 e. The number of hydrogen-bond acceptors (Lipinski definition) is 5. The van der Waals surface area contributed by atoms with Gasteiger partial charge in [0.15, 0.2) is 0 Å². The molecule has 3 rings (SSSR count). The summed E-state index contributed by atoms with van der Waals surface area (Å²) in [5.41, 5.74) is 0.939. The maximum absolute atomic E-state index is 11.6. The first kappa shape index (κ1) is 13.8. The van der Waals surface area contributed by atoms with Crippen LogP contribution in [-0.4, -0.2) is 15.3 Å². The molecule has 3 N–H and O–H groups in total. The summed E-state index contributed by atoms with van der Waals surface area (Å²) in [6.45, 7) is 0. The summed E-state index contributed by atoms with van der Waals surface area (Å²) in [5, 5.41) is 29.0. The lowest BCUT2D eigenvalue weighted by atomic mass is 10.1. The van der Waals surface area contributed by atoms with Gasteiger partial charge in [-0.1, -0.05) is 12.2 Å². The van der Waals surface area contributed by atoms with Gasteiger partial charge in [0.1, 0.15) is 22.8 Å². The first-order chi connectivity index (χ1) is 10.5. The first-order valence-corrected chi connectivity index (χ1v) is 6.49. The quantitative estimate of drug-likeness (QED) is 0.632. The predicted molar refractivity (Wildman–Crippen MR) is 82.8 cm³/mol. The fourth-order valence-electron chi connectivity index (χ4n) is 2.21. The van der Waals surface area contributed by atoms with Crippen molar-refractivity contribution >= 4 is 23.1 Å². The van der Waals surface area contributed by atoms with Crippen molar-refractivity contribution < 1.29 is 19.7 Å². The minimum Gasteiger partial charge on any atom is -0.508 e. The van der Waals surface area contributed by atoms with E-state index < -0.39 is 5.63 Å². The molecule has 2 aromatic carbocycles. The minimum atomic E-state index is -0.531. The molecule has 0 atom stereocenters. The molecule has 0 saturated carbocycles. The summed E-state index contributed by atoms with van der Waals surface area (Å²) < 4.78 is 5.04. The van der Waals surface area contributed by atoms with E-state index in [9.17, 15) is 20.1 Å². The number of phenolic OH excluding ortho intramolecular Hbond substituents is 3. The van der Waals surface area contributed by atoms with Crippen LogP contribution in [0.5, 0.6) is 17.2 Å². The Morgan fingerprint density at radius 1 is 0.818 bits per heavy atom. The number of phenols is 3. The van der Waals surface area contributed by atoms with E-state index in [1.54, 1.807) is 18.2 Å². The Labute approximate surface area is 125 Å². The van der Waals surface area contributed by atoms with Gasteiger partial charge in [0.05, 0.1) is 0 Å². The molecule has 0 amide bonds. The van der Waals surface area contributed by atoms with E-state index in [0.717, 1.165) is 0 Å². The summed E-state index contributed by atoms with van der Waals surface area (Å²) in [6.07, 6.45) is 3.32. The van der Waals surface area contributed by atoms with E-state index in [2.05, 4.69) is 0 Å². The summed E-state index contributed by atoms with van der Waals surface area (Å²) in [5.74, 6) is -0.0984. The van der Waals surface area contributed by atoms with Crippen molar-refractivity contribution in [2.45, 2.75) is 0 Å². The second-order valence-corrected chi connectivity index (χ2v) is 4.82. The van der Waals surface area contributed by atoms with E-state index >= 15 is 0 Å². The second kappa shape index (κ2) is 5.29. The Hall–Kier alpha value is -3.21. The van der Waals surface area contributed by atoms with Crippen molar-refractivity contribution in [2.24, 2.45) is 0 Å². The molecule has 1 aromatic heterocycles. The Balaban J connectivity index is 2.10. The Bertz CT molecular complexity index is 917. The van der Waals surface area contributed by atoms with Gasteiger partial charge in [0, 0.05) is 23.6 Å². The van der Waals surface area contributed by atoms with Crippen molar-refractivity contribution in [2.75, 3.05) is 0 Å². The maximum Gasteiger partial charge on any atom is 0.336 e. The molecular formula is C17H12O5. The van der Waals surface area contributed by atoms with Gasteiger partial charge in [-0.15, -0.1) is 0 Å². The number of rotatable bonds is 2. The normalized spacial score (nSPS) is 11.3. The number of hydrogen-bond donors (Lipinski definition) is 3. The zero-order valence-electron chi connectivity index (χ0n) is 11.4. The molecular weight excluding hydrogens is 284 g/mol. The lowest BCUT2D eigenvalue weighted by Gasteiger charge is -2.02. The van der Waals surface area contributed by atoms with E-state index in [0.29, 0.717) is 16.5 Å². The molecule has 0 spiro atoms. The highest BCUT2D eigenvalue weighted by Crippen LogP contribution is 2.25. The lowest BCUT2D eigenvalue weighted by Crippen LogP contribution is -1.97. The Morgan fingerprint density at radius 2 is 1.55 bits per heavy atom. The lowest BCUT2D eigenvalue weighted by molar-refractivity contribution is 0.450. The molecule has 0 saturated heterocycles. The van der Waals surface area contributed by atoms with Crippen molar-refractivity contribution in [3.05, 3.63) is 64.0 Å².